The highest BCUT2D eigenvalue weighted by atomic mass is 32.1. The third-order valence-electron chi connectivity index (χ3n) is 4.05. The molecule has 0 radical (unpaired) electrons. The lowest BCUT2D eigenvalue weighted by molar-refractivity contribution is -0.117. The Labute approximate surface area is 150 Å². The van der Waals surface area contributed by atoms with Crippen molar-refractivity contribution in [2.24, 2.45) is 0 Å². The fourth-order valence-corrected chi connectivity index (χ4v) is 3.59. The molecule has 2 heterocycles. The lowest BCUT2D eigenvalue weighted by Crippen LogP contribution is -2.30. The molecule has 0 aliphatic carbocycles. The van der Waals surface area contributed by atoms with E-state index in [1.807, 2.05) is 39.6 Å². The molecule has 0 unspecified atom stereocenters. The van der Waals surface area contributed by atoms with Crippen LogP contribution in [0.2, 0.25) is 0 Å². The van der Waals surface area contributed by atoms with Gasteiger partial charge in [0.15, 0.2) is 0 Å². The van der Waals surface area contributed by atoms with Crippen LogP contribution in [0.5, 0.6) is 0 Å². The predicted octanol–water partition coefficient (Wildman–Crippen LogP) is 2.83. The number of amides is 1. The minimum Gasteiger partial charge on any atom is -0.465 e. The van der Waals surface area contributed by atoms with Gasteiger partial charge in [-0.2, -0.15) is 0 Å². The number of hydrogen-bond acceptors (Lipinski definition) is 7. The molecule has 25 heavy (non-hydrogen) atoms. The molecular formula is C17H23N3O4S. The van der Waals surface area contributed by atoms with Crippen molar-refractivity contribution in [1.82, 2.24) is 10.1 Å². The fourth-order valence-electron chi connectivity index (χ4n) is 2.53. The van der Waals surface area contributed by atoms with Crippen molar-refractivity contribution in [3.8, 4) is 0 Å². The Balaban J connectivity index is 2.05. The number of anilines is 1. The van der Waals surface area contributed by atoms with Crippen LogP contribution in [0.1, 0.15) is 37.8 Å². The van der Waals surface area contributed by atoms with Gasteiger partial charge in [0, 0.05) is 17.0 Å². The summed E-state index contributed by atoms with van der Waals surface area (Å²) >= 11 is 1.37. The molecule has 1 N–H and O–H groups in total. The summed E-state index contributed by atoms with van der Waals surface area (Å²) < 4.78 is 9.96. The highest BCUT2D eigenvalue weighted by Crippen LogP contribution is 2.32. The molecule has 8 heteroatoms. The van der Waals surface area contributed by atoms with E-state index >= 15 is 0 Å². The van der Waals surface area contributed by atoms with Gasteiger partial charge in [0.1, 0.15) is 10.8 Å². The number of likely N-dealkylation sites (N-methyl/N-ethyl adjacent to an activating group) is 1. The lowest BCUT2D eigenvalue weighted by Gasteiger charge is -2.16. The standard InChI is InChI=1S/C17H23N3O4S/c1-9-12(4)25-16(15(9)17(22)23-6)18-14(21)8-20(5)7-13-10(2)19-24-11(13)3/h7-8H2,1-6H3,(H,18,21). The first-order chi connectivity index (χ1) is 11.7. The van der Waals surface area contributed by atoms with E-state index in [2.05, 4.69) is 10.5 Å². The number of aryl methyl sites for hydroxylation is 3. The highest BCUT2D eigenvalue weighted by Gasteiger charge is 2.22. The topological polar surface area (TPSA) is 84.7 Å². The van der Waals surface area contributed by atoms with Gasteiger partial charge in [0.05, 0.1) is 24.9 Å². The van der Waals surface area contributed by atoms with Crippen LogP contribution in [0.4, 0.5) is 5.00 Å². The molecule has 0 spiro atoms. The van der Waals surface area contributed by atoms with Crippen LogP contribution in [0, 0.1) is 27.7 Å². The van der Waals surface area contributed by atoms with Crippen molar-refractivity contribution in [2.75, 3.05) is 26.0 Å². The zero-order valence-electron chi connectivity index (χ0n) is 15.3. The molecule has 0 aromatic carbocycles. The molecule has 0 saturated heterocycles. The molecule has 2 aromatic rings. The van der Waals surface area contributed by atoms with E-state index in [-0.39, 0.29) is 12.5 Å². The van der Waals surface area contributed by atoms with E-state index in [0.29, 0.717) is 17.1 Å². The monoisotopic (exact) mass is 365 g/mol. The maximum atomic E-state index is 12.4. The summed E-state index contributed by atoms with van der Waals surface area (Å²) in [6.07, 6.45) is 0. The van der Waals surface area contributed by atoms with Gasteiger partial charge in [-0.15, -0.1) is 11.3 Å². The quantitative estimate of drug-likeness (QED) is 0.793. The number of carbonyl (C=O) groups is 2. The largest absolute Gasteiger partial charge is 0.465 e. The SMILES string of the molecule is COC(=O)c1c(NC(=O)CN(C)Cc2c(C)noc2C)sc(C)c1C. The molecule has 1 amide bonds. The summed E-state index contributed by atoms with van der Waals surface area (Å²) in [4.78, 5) is 27.2. The summed E-state index contributed by atoms with van der Waals surface area (Å²) in [5.41, 5.74) is 3.05. The molecule has 7 nitrogen and oxygen atoms in total. The maximum absolute atomic E-state index is 12.4. The fraction of sp³-hybridized carbons (Fsp3) is 0.471. The van der Waals surface area contributed by atoms with Crippen LogP contribution in [0.15, 0.2) is 4.52 Å². The van der Waals surface area contributed by atoms with Crippen molar-refractivity contribution in [1.29, 1.82) is 0 Å². The smallest absolute Gasteiger partial charge is 0.341 e. The number of ether oxygens (including phenoxy) is 1. The summed E-state index contributed by atoms with van der Waals surface area (Å²) in [7, 11) is 3.18. The van der Waals surface area contributed by atoms with Crippen molar-refractivity contribution in [3.05, 3.63) is 33.0 Å². The van der Waals surface area contributed by atoms with Crippen LogP contribution in [0.3, 0.4) is 0 Å². The Kier molecular flexibility index (Phi) is 5.97. The van der Waals surface area contributed by atoms with Crippen LogP contribution >= 0.6 is 11.3 Å². The minimum atomic E-state index is -0.443. The Morgan fingerprint density at radius 1 is 1.28 bits per heavy atom. The van der Waals surface area contributed by atoms with E-state index in [1.54, 1.807) is 0 Å². The molecule has 0 atom stereocenters. The summed E-state index contributed by atoms with van der Waals surface area (Å²) in [5, 5.41) is 7.27. The van der Waals surface area contributed by atoms with Gasteiger partial charge in [-0.1, -0.05) is 5.16 Å². The van der Waals surface area contributed by atoms with E-state index < -0.39 is 5.97 Å². The van der Waals surface area contributed by atoms with E-state index in [9.17, 15) is 9.59 Å². The summed E-state index contributed by atoms with van der Waals surface area (Å²) in [6, 6.07) is 0. The first-order valence-electron chi connectivity index (χ1n) is 7.83. The average molecular weight is 365 g/mol. The Hall–Kier alpha value is -2.19. The number of hydrogen-bond donors (Lipinski definition) is 1. The van der Waals surface area contributed by atoms with Gasteiger partial charge in [-0.3, -0.25) is 9.69 Å². The number of aromatic nitrogens is 1. The van der Waals surface area contributed by atoms with Crippen LogP contribution in [-0.2, 0) is 16.1 Å². The number of rotatable bonds is 6. The van der Waals surface area contributed by atoms with Crippen molar-refractivity contribution in [3.63, 3.8) is 0 Å². The second-order valence-corrected chi connectivity index (χ2v) is 7.23. The maximum Gasteiger partial charge on any atom is 0.341 e. The van der Waals surface area contributed by atoms with Crippen molar-refractivity contribution < 1.29 is 18.8 Å². The molecule has 136 valence electrons. The molecular weight excluding hydrogens is 342 g/mol. The molecule has 0 aliphatic rings. The number of esters is 1. The van der Waals surface area contributed by atoms with Gasteiger partial charge in [0.25, 0.3) is 0 Å². The highest BCUT2D eigenvalue weighted by molar-refractivity contribution is 7.16. The normalized spacial score (nSPS) is 11.0. The second-order valence-electron chi connectivity index (χ2n) is 6.00. The Bertz CT molecular complexity index is 775. The predicted molar refractivity (Wildman–Crippen MR) is 96.1 cm³/mol. The van der Waals surface area contributed by atoms with Gasteiger partial charge >= 0.3 is 5.97 Å². The first-order valence-corrected chi connectivity index (χ1v) is 8.64. The minimum absolute atomic E-state index is 0.181. The number of thiophene rings is 1. The first kappa shape index (κ1) is 19.1. The van der Waals surface area contributed by atoms with Gasteiger partial charge < -0.3 is 14.6 Å². The zero-order valence-corrected chi connectivity index (χ0v) is 16.2. The number of methoxy groups -OCH3 is 1. The van der Waals surface area contributed by atoms with Crippen LogP contribution in [-0.4, -0.2) is 42.6 Å². The average Bonchev–Trinajstić information content (AvgIpc) is 3.00. The molecule has 2 aromatic heterocycles. The second kappa shape index (κ2) is 7.79. The molecule has 0 bridgehead atoms. The molecule has 0 aliphatic heterocycles. The van der Waals surface area contributed by atoms with E-state index in [0.717, 1.165) is 27.5 Å². The van der Waals surface area contributed by atoms with Crippen molar-refractivity contribution in [2.45, 2.75) is 34.2 Å². The molecule has 2 rings (SSSR count). The van der Waals surface area contributed by atoms with Crippen molar-refractivity contribution >= 4 is 28.2 Å². The summed E-state index contributed by atoms with van der Waals surface area (Å²) in [5.74, 6) is 0.115. The van der Waals surface area contributed by atoms with Gasteiger partial charge in [-0.25, -0.2) is 4.79 Å². The number of nitrogens with zero attached hydrogens (tertiary/aromatic N) is 2. The Morgan fingerprint density at radius 2 is 1.96 bits per heavy atom. The van der Waals surface area contributed by atoms with Crippen LogP contribution < -0.4 is 5.32 Å². The number of carbonyl (C=O) groups excluding carboxylic acids is 2. The van der Waals surface area contributed by atoms with E-state index in [4.69, 9.17) is 9.26 Å². The van der Waals surface area contributed by atoms with Gasteiger partial charge in [-0.05, 0) is 40.3 Å². The van der Waals surface area contributed by atoms with E-state index in [1.165, 1.54) is 18.4 Å². The zero-order chi connectivity index (χ0) is 18.7. The molecule has 0 fully saturated rings. The Morgan fingerprint density at radius 3 is 2.52 bits per heavy atom. The third-order valence-corrected chi connectivity index (χ3v) is 5.17. The summed E-state index contributed by atoms with van der Waals surface area (Å²) in [6.45, 7) is 8.22. The van der Waals surface area contributed by atoms with Gasteiger partial charge in [0.2, 0.25) is 5.91 Å². The molecule has 0 saturated carbocycles. The third kappa shape index (κ3) is 4.26. The lowest BCUT2D eigenvalue weighted by atomic mass is 10.1. The van der Waals surface area contributed by atoms with Crippen LogP contribution in [0.25, 0.3) is 0 Å². The number of nitrogens with one attached hydrogen (secondary N) is 1.